The van der Waals surface area contributed by atoms with Gasteiger partial charge in [0.2, 0.25) is 17.7 Å². The highest BCUT2D eigenvalue weighted by Crippen LogP contribution is 2.23. The number of imide groups is 1. The lowest BCUT2D eigenvalue weighted by atomic mass is 10.1. The number of hydrogen-bond acceptors (Lipinski definition) is 7. The number of carbonyl (C=O) groups is 3. The van der Waals surface area contributed by atoms with E-state index in [1.165, 1.54) is 4.57 Å². The molecule has 3 heterocycles. The molecule has 2 saturated heterocycles. The van der Waals surface area contributed by atoms with Crippen molar-refractivity contribution in [3.8, 4) is 0 Å². The summed E-state index contributed by atoms with van der Waals surface area (Å²) < 4.78 is 7.00. The minimum Gasteiger partial charge on any atom is -0.368 e. The Morgan fingerprint density at radius 3 is 2.74 bits per heavy atom. The summed E-state index contributed by atoms with van der Waals surface area (Å²) in [5.41, 5.74) is 0.370. The highest BCUT2D eigenvalue weighted by Gasteiger charge is 2.30. The summed E-state index contributed by atoms with van der Waals surface area (Å²) in [5.74, 6) is -0.848. The van der Waals surface area contributed by atoms with E-state index < -0.39 is 11.9 Å². The molecule has 1 aromatic carbocycles. The second kappa shape index (κ2) is 8.94. The lowest BCUT2D eigenvalue weighted by molar-refractivity contribution is -0.135. The van der Waals surface area contributed by atoms with Gasteiger partial charge in [0.1, 0.15) is 24.0 Å². The lowest BCUT2D eigenvalue weighted by Crippen LogP contribution is -2.45. The fourth-order valence-corrected chi connectivity index (χ4v) is 4.07. The van der Waals surface area contributed by atoms with Gasteiger partial charge in [0.15, 0.2) is 0 Å². The van der Waals surface area contributed by atoms with Crippen molar-refractivity contribution in [3.05, 3.63) is 34.4 Å². The average molecular weight is 427 g/mol. The number of ether oxygens (including phenoxy) is 1. The fraction of sp³-hybridized carbons (Fsp3) is 0.476. The highest BCUT2D eigenvalue weighted by molar-refractivity contribution is 6.01. The van der Waals surface area contributed by atoms with Crippen LogP contribution in [0.25, 0.3) is 10.9 Å². The molecule has 2 fully saturated rings. The first-order chi connectivity index (χ1) is 14.9. The number of rotatable bonds is 5. The maximum absolute atomic E-state index is 13.2. The van der Waals surface area contributed by atoms with E-state index in [-0.39, 0.29) is 48.3 Å². The Hall–Kier alpha value is -3.11. The zero-order valence-electron chi connectivity index (χ0n) is 17.3. The van der Waals surface area contributed by atoms with Gasteiger partial charge in [-0.2, -0.15) is 0 Å². The summed E-state index contributed by atoms with van der Waals surface area (Å²) in [6, 6.07) is 4.14. The molecule has 0 radical (unpaired) electrons. The van der Waals surface area contributed by atoms with Crippen LogP contribution in [0.15, 0.2) is 23.0 Å². The number of nitrogens with one attached hydrogen (secondary N) is 3. The molecule has 0 bridgehead atoms. The molecule has 0 spiro atoms. The smallest absolute Gasteiger partial charge is 0.262 e. The number of nitrogens with zero attached hydrogens (tertiary/aromatic N) is 2. The molecule has 31 heavy (non-hydrogen) atoms. The van der Waals surface area contributed by atoms with E-state index in [1.54, 1.807) is 25.1 Å². The monoisotopic (exact) mass is 427 g/mol. The van der Waals surface area contributed by atoms with Crippen molar-refractivity contribution in [1.82, 2.24) is 20.2 Å². The minimum atomic E-state index is -0.793. The minimum absolute atomic E-state index is 0.0561. The maximum Gasteiger partial charge on any atom is 0.262 e. The maximum atomic E-state index is 13.2. The van der Waals surface area contributed by atoms with Gasteiger partial charge in [0.05, 0.1) is 17.2 Å². The molecule has 164 valence electrons. The van der Waals surface area contributed by atoms with Gasteiger partial charge in [0.25, 0.3) is 5.56 Å². The van der Waals surface area contributed by atoms with Gasteiger partial charge in [-0.25, -0.2) is 4.98 Å². The second-order valence-corrected chi connectivity index (χ2v) is 7.81. The molecule has 3 N–H and O–H groups in total. The quantitative estimate of drug-likeness (QED) is 0.588. The molecule has 0 aliphatic carbocycles. The van der Waals surface area contributed by atoms with Crippen molar-refractivity contribution in [2.24, 2.45) is 0 Å². The van der Waals surface area contributed by atoms with Crippen LogP contribution in [-0.4, -0.2) is 53.1 Å². The standard InChI is InChI=1S/C21H25N5O5/c1-12-23-19-14(21(30)26(12)16-5-6-17(27)25-20(16)29)3-2-4-15(19)24-18(28)11-31-13-7-9-22-10-8-13/h2-4,13,16,22H,5-11H2,1H3,(H,24,28)(H,25,27,29). The van der Waals surface area contributed by atoms with Crippen LogP contribution < -0.4 is 21.5 Å². The summed E-state index contributed by atoms with van der Waals surface area (Å²) in [5, 5.41) is 8.58. The Kier molecular flexibility index (Phi) is 6.10. The Labute approximate surface area is 178 Å². The van der Waals surface area contributed by atoms with Crippen molar-refractivity contribution in [3.63, 3.8) is 0 Å². The van der Waals surface area contributed by atoms with E-state index in [4.69, 9.17) is 4.74 Å². The predicted octanol–water partition coefficient (Wildman–Crippen LogP) is 0.390. The van der Waals surface area contributed by atoms with E-state index in [2.05, 4.69) is 20.9 Å². The topological polar surface area (TPSA) is 131 Å². The van der Waals surface area contributed by atoms with Crippen LogP contribution in [0.2, 0.25) is 0 Å². The van der Waals surface area contributed by atoms with E-state index in [0.29, 0.717) is 17.0 Å². The first-order valence-electron chi connectivity index (χ1n) is 10.4. The fourth-order valence-electron chi connectivity index (χ4n) is 4.07. The van der Waals surface area contributed by atoms with Crippen molar-refractivity contribution >= 4 is 34.3 Å². The summed E-state index contributed by atoms with van der Waals surface area (Å²) in [7, 11) is 0. The molecule has 10 nitrogen and oxygen atoms in total. The van der Waals surface area contributed by atoms with E-state index in [0.717, 1.165) is 25.9 Å². The number of anilines is 1. The van der Waals surface area contributed by atoms with Gasteiger partial charge >= 0.3 is 0 Å². The summed E-state index contributed by atoms with van der Waals surface area (Å²) >= 11 is 0. The summed E-state index contributed by atoms with van der Waals surface area (Å²) in [6.07, 6.45) is 2.18. The predicted molar refractivity (Wildman–Crippen MR) is 113 cm³/mol. The summed E-state index contributed by atoms with van der Waals surface area (Å²) in [4.78, 5) is 53.8. The number of carbonyl (C=O) groups excluding carboxylic acids is 3. The zero-order valence-corrected chi connectivity index (χ0v) is 17.3. The molecule has 10 heteroatoms. The van der Waals surface area contributed by atoms with E-state index in [1.807, 2.05) is 0 Å². The SMILES string of the molecule is Cc1nc2c(NC(=O)COC3CCNCC3)cccc2c(=O)n1C1CCC(=O)NC1=O. The number of benzene rings is 1. The number of para-hydroxylation sites is 1. The van der Waals surface area contributed by atoms with Crippen molar-refractivity contribution < 1.29 is 19.1 Å². The normalized spacial score (nSPS) is 20.0. The Morgan fingerprint density at radius 1 is 1.23 bits per heavy atom. The number of aromatic nitrogens is 2. The van der Waals surface area contributed by atoms with Crippen molar-refractivity contribution in [1.29, 1.82) is 0 Å². The molecule has 2 aliphatic heterocycles. The van der Waals surface area contributed by atoms with Crippen LogP contribution in [0.3, 0.4) is 0 Å². The van der Waals surface area contributed by atoms with Crippen LogP contribution in [0.1, 0.15) is 37.5 Å². The third-order valence-corrected chi connectivity index (χ3v) is 5.64. The molecule has 4 rings (SSSR count). The molecule has 3 amide bonds. The van der Waals surface area contributed by atoms with Crippen LogP contribution in [-0.2, 0) is 19.1 Å². The highest BCUT2D eigenvalue weighted by atomic mass is 16.5. The molecule has 0 saturated carbocycles. The number of amides is 3. The first-order valence-corrected chi connectivity index (χ1v) is 10.4. The van der Waals surface area contributed by atoms with Crippen LogP contribution >= 0.6 is 0 Å². The number of hydrogen-bond donors (Lipinski definition) is 3. The van der Waals surface area contributed by atoms with Gasteiger partial charge in [-0.3, -0.25) is 29.1 Å². The van der Waals surface area contributed by atoms with E-state index >= 15 is 0 Å². The van der Waals surface area contributed by atoms with Crippen LogP contribution in [0.4, 0.5) is 5.69 Å². The summed E-state index contributed by atoms with van der Waals surface area (Å²) in [6.45, 7) is 3.30. The van der Waals surface area contributed by atoms with Crippen LogP contribution in [0, 0.1) is 6.92 Å². The third-order valence-electron chi connectivity index (χ3n) is 5.64. The lowest BCUT2D eigenvalue weighted by Gasteiger charge is -2.24. The Bertz CT molecular complexity index is 1090. The first kappa shape index (κ1) is 21.1. The molecule has 1 atom stereocenters. The second-order valence-electron chi connectivity index (χ2n) is 7.81. The van der Waals surface area contributed by atoms with E-state index in [9.17, 15) is 19.2 Å². The largest absolute Gasteiger partial charge is 0.368 e. The molecule has 1 aromatic heterocycles. The Balaban J connectivity index is 1.57. The number of piperidine rings is 2. The Morgan fingerprint density at radius 2 is 2.00 bits per heavy atom. The molecule has 2 aromatic rings. The number of fused-ring (bicyclic) bond motifs is 1. The van der Waals surface area contributed by atoms with Crippen molar-refractivity contribution in [2.45, 2.75) is 44.8 Å². The molecular weight excluding hydrogens is 402 g/mol. The average Bonchev–Trinajstić information content (AvgIpc) is 2.75. The van der Waals surface area contributed by atoms with Crippen molar-refractivity contribution in [2.75, 3.05) is 25.0 Å². The van der Waals surface area contributed by atoms with Gasteiger partial charge in [-0.1, -0.05) is 6.07 Å². The van der Waals surface area contributed by atoms with Gasteiger partial charge in [-0.05, 0) is 51.4 Å². The zero-order chi connectivity index (χ0) is 22.0. The molecule has 1 unspecified atom stereocenters. The number of aryl methyl sites for hydroxylation is 1. The van der Waals surface area contributed by atoms with Crippen LogP contribution in [0.5, 0.6) is 0 Å². The van der Waals surface area contributed by atoms with Gasteiger partial charge in [-0.15, -0.1) is 0 Å². The van der Waals surface area contributed by atoms with Gasteiger partial charge < -0.3 is 15.4 Å². The molecule has 2 aliphatic rings. The van der Waals surface area contributed by atoms with Gasteiger partial charge in [0, 0.05) is 6.42 Å². The molecular formula is C21H25N5O5. The third kappa shape index (κ3) is 4.49.